The molecule has 7 heteroatoms. The normalized spacial score (nSPS) is 24.8. The molecule has 0 bridgehead atoms. The van der Waals surface area contributed by atoms with Gasteiger partial charge < -0.3 is 15.5 Å². The molecular weight excluding hydrogens is 244 g/mol. The van der Waals surface area contributed by atoms with Crippen molar-refractivity contribution in [3.63, 3.8) is 0 Å². The molecule has 2 atom stereocenters. The molecule has 0 aliphatic carbocycles. The Hall–Kier alpha value is -0.210. The van der Waals surface area contributed by atoms with Crippen molar-refractivity contribution in [2.24, 2.45) is 5.92 Å². The van der Waals surface area contributed by atoms with Crippen molar-refractivity contribution in [1.82, 2.24) is 9.62 Å². The maximum Gasteiger partial charge on any atom is 0.211 e. The zero-order chi connectivity index (χ0) is 12.9. The highest BCUT2D eigenvalue weighted by Crippen LogP contribution is 2.17. The third kappa shape index (κ3) is 5.31. The van der Waals surface area contributed by atoms with Gasteiger partial charge in [-0.1, -0.05) is 0 Å². The van der Waals surface area contributed by atoms with Crippen LogP contribution in [0.4, 0.5) is 0 Å². The monoisotopic (exact) mass is 266 g/mol. The Labute approximate surface area is 103 Å². The van der Waals surface area contributed by atoms with Crippen LogP contribution in [0.15, 0.2) is 0 Å². The minimum absolute atomic E-state index is 0.257. The second kappa shape index (κ2) is 6.65. The quantitative estimate of drug-likeness (QED) is 0.550. The number of sulfonamides is 1. The number of hydrogen-bond donors (Lipinski definition) is 3. The molecule has 1 heterocycles. The topological polar surface area (TPSA) is 89.9 Å². The number of aliphatic hydroxyl groups is 2. The molecule has 0 aromatic carbocycles. The van der Waals surface area contributed by atoms with Gasteiger partial charge in [0.15, 0.2) is 0 Å². The van der Waals surface area contributed by atoms with E-state index in [0.29, 0.717) is 26.2 Å². The van der Waals surface area contributed by atoms with E-state index in [1.807, 2.05) is 0 Å². The van der Waals surface area contributed by atoms with Crippen LogP contribution in [-0.4, -0.2) is 68.1 Å². The minimum Gasteiger partial charge on any atom is -0.394 e. The van der Waals surface area contributed by atoms with E-state index < -0.39 is 16.1 Å². The number of aliphatic hydroxyl groups excluding tert-OH is 2. The van der Waals surface area contributed by atoms with Gasteiger partial charge in [0.25, 0.3) is 0 Å². The van der Waals surface area contributed by atoms with E-state index in [9.17, 15) is 8.42 Å². The molecule has 0 aromatic rings. The van der Waals surface area contributed by atoms with Crippen molar-refractivity contribution in [2.45, 2.75) is 18.9 Å². The van der Waals surface area contributed by atoms with Crippen LogP contribution >= 0.6 is 0 Å². The van der Waals surface area contributed by atoms with Crippen molar-refractivity contribution >= 4 is 10.0 Å². The molecule has 1 aliphatic heterocycles. The lowest BCUT2D eigenvalue weighted by Gasteiger charge is -2.31. The SMILES string of the molecule is CS(=O)(=O)N1CCCC(CNCC(O)CO)C1. The van der Waals surface area contributed by atoms with Crippen molar-refractivity contribution in [2.75, 3.05) is 39.0 Å². The van der Waals surface area contributed by atoms with Gasteiger partial charge in [-0.3, -0.25) is 0 Å². The van der Waals surface area contributed by atoms with Crippen molar-refractivity contribution in [3.05, 3.63) is 0 Å². The fraction of sp³-hybridized carbons (Fsp3) is 1.00. The van der Waals surface area contributed by atoms with Crippen LogP contribution in [0.2, 0.25) is 0 Å². The maximum atomic E-state index is 11.4. The second-order valence-electron chi connectivity index (χ2n) is 4.62. The average Bonchev–Trinajstić information content (AvgIpc) is 2.28. The van der Waals surface area contributed by atoms with Crippen LogP contribution in [0.5, 0.6) is 0 Å². The first kappa shape index (κ1) is 14.8. The molecule has 17 heavy (non-hydrogen) atoms. The van der Waals surface area contributed by atoms with E-state index in [2.05, 4.69) is 5.32 Å². The molecule has 1 saturated heterocycles. The lowest BCUT2D eigenvalue weighted by atomic mass is 10.00. The van der Waals surface area contributed by atoms with E-state index in [0.717, 1.165) is 12.8 Å². The smallest absolute Gasteiger partial charge is 0.211 e. The van der Waals surface area contributed by atoms with Crippen LogP contribution in [0, 0.1) is 5.92 Å². The van der Waals surface area contributed by atoms with Crippen LogP contribution < -0.4 is 5.32 Å². The van der Waals surface area contributed by atoms with Crippen LogP contribution in [-0.2, 0) is 10.0 Å². The first-order valence-corrected chi connectivity index (χ1v) is 7.73. The highest BCUT2D eigenvalue weighted by Gasteiger charge is 2.25. The van der Waals surface area contributed by atoms with E-state index in [4.69, 9.17) is 10.2 Å². The molecular formula is C10H22N2O4S. The molecule has 6 nitrogen and oxygen atoms in total. The summed E-state index contributed by atoms with van der Waals surface area (Å²) in [6.07, 6.45) is 2.36. The Morgan fingerprint density at radius 1 is 1.53 bits per heavy atom. The fourth-order valence-electron chi connectivity index (χ4n) is 2.01. The second-order valence-corrected chi connectivity index (χ2v) is 6.61. The number of rotatable bonds is 6. The molecule has 0 spiro atoms. The lowest BCUT2D eigenvalue weighted by molar-refractivity contribution is 0.0927. The molecule has 0 radical (unpaired) electrons. The van der Waals surface area contributed by atoms with Crippen molar-refractivity contribution < 1.29 is 18.6 Å². The third-order valence-corrected chi connectivity index (χ3v) is 4.24. The third-order valence-electron chi connectivity index (χ3n) is 2.97. The first-order chi connectivity index (χ1) is 7.93. The summed E-state index contributed by atoms with van der Waals surface area (Å²) in [6, 6.07) is 0. The van der Waals surface area contributed by atoms with Gasteiger partial charge in [0.1, 0.15) is 0 Å². The maximum absolute atomic E-state index is 11.4. The first-order valence-electron chi connectivity index (χ1n) is 5.88. The van der Waals surface area contributed by atoms with Crippen LogP contribution in [0.3, 0.4) is 0 Å². The highest BCUT2D eigenvalue weighted by molar-refractivity contribution is 7.88. The fourth-order valence-corrected chi connectivity index (χ4v) is 2.96. The van der Waals surface area contributed by atoms with E-state index in [1.54, 1.807) is 0 Å². The Morgan fingerprint density at radius 2 is 2.24 bits per heavy atom. The van der Waals surface area contributed by atoms with Gasteiger partial charge in [-0.05, 0) is 25.3 Å². The lowest BCUT2D eigenvalue weighted by Crippen LogP contribution is -2.43. The summed E-state index contributed by atoms with van der Waals surface area (Å²) in [5, 5.41) is 20.8. The largest absolute Gasteiger partial charge is 0.394 e. The Morgan fingerprint density at radius 3 is 2.82 bits per heavy atom. The Kier molecular flexibility index (Phi) is 5.81. The molecule has 2 unspecified atom stereocenters. The van der Waals surface area contributed by atoms with Gasteiger partial charge in [0.2, 0.25) is 10.0 Å². The number of piperidine rings is 1. The summed E-state index contributed by atoms with van der Waals surface area (Å²) in [5.41, 5.74) is 0. The summed E-state index contributed by atoms with van der Waals surface area (Å²) in [6.45, 7) is 1.90. The molecule has 1 rings (SSSR count). The Balaban J connectivity index is 2.30. The predicted octanol–water partition coefficient (Wildman–Crippen LogP) is -1.40. The highest BCUT2D eigenvalue weighted by atomic mass is 32.2. The van der Waals surface area contributed by atoms with Gasteiger partial charge in [-0.25, -0.2) is 12.7 Å². The molecule has 0 aromatic heterocycles. The number of nitrogens with zero attached hydrogens (tertiary/aromatic N) is 1. The summed E-state index contributed by atoms with van der Waals surface area (Å²) in [4.78, 5) is 0. The van der Waals surface area contributed by atoms with Gasteiger partial charge in [-0.15, -0.1) is 0 Å². The molecule has 102 valence electrons. The van der Waals surface area contributed by atoms with Gasteiger partial charge >= 0.3 is 0 Å². The van der Waals surface area contributed by atoms with Crippen LogP contribution in [0.25, 0.3) is 0 Å². The zero-order valence-electron chi connectivity index (χ0n) is 10.2. The summed E-state index contributed by atoms with van der Waals surface area (Å²) in [5.74, 6) is 0.282. The molecule has 3 N–H and O–H groups in total. The molecule has 1 aliphatic rings. The summed E-state index contributed by atoms with van der Waals surface area (Å²) >= 11 is 0. The molecule has 0 saturated carbocycles. The molecule has 1 fully saturated rings. The van der Waals surface area contributed by atoms with Gasteiger partial charge in [0, 0.05) is 19.6 Å². The molecule has 0 amide bonds. The van der Waals surface area contributed by atoms with Gasteiger partial charge in [-0.2, -0.15) is 0 Å². The van der Waals surface area contributed by atoms with Gasteiger partial charge in [0.05, 0.1) is 19.0 Å². The predicted molar refractivity (Wildman–Crippen MR) is 65.1 cm³/mol. The van der Waals surface area contributed by atoms with E-state index in [-0.39, 0.29) is 12.5 Å². The minimum atomic E-state index is -3.09. The van der Waals surface area contributed by atoms with Crippen molar-refractivity contribution in [1.29, 1.82) is 0 Å². The van der Waals surface area contributed by atoms with Crippen molar-refractivity contribution in [3.8, 4) is 0 Å². The van der Waals surface area contributed by atoms with E-state index >= 15 is 0 Å². The average molecular weight is 266 g/mol. The summed E-state index contributed by atoms with van der Waals surface area (Å²) < 4.78 is 24.3. The number of hydrogen-bond acceptors (Lipinski definition) is 5. The standard InChI is InChI=1S/C10H22N2O4S/c1-17(15,16)12-4-2-3-9(7-12)5-11-6-10(14)8-13/h9-11,13-14H,2-8H2,1H3. The van der Waals surface area contributed by atoms with Crippen LogP contribution in [0.1, 0.15) is 12.8 Å². The zero-order valence-corrected chi connectivity index (χ0v) is 11.0. The summed E-state index contributed by atoms with van der Waals surface area (Å²) in [7, 11) is -3.09. The van der Waals surface area contributed by atoms with E-state index in [1.165, 1.54) is 10.6 Å². The Bertz CT molecular complexity index is 320. The number of nitrogens with one attached hydrogen (secondary N) is 1.